The van der Waals surface area contributed by atoms with Gasteiger partial charge in [-0.3, -0.25) is 0 Å². The summed E-state index contributed by atoms with van der Waals surface area (Å²) in [4.78, 5) is 0. The summed E-state index contributed by atoms with van der Waals surface area (Å²) in [6.07, 6.45) is 6.99. The van der Waals surface area contributed by atoms with Crippen LogP contribution in [0.1, 0.15) is 18.4 Å². The molecule has 1 heterocycles. The third kappa shape index (κ3) is 4.89. The summed E-state index contributed by atoms with van der Waals surface area (Å²) in [6, 6.07) is 2.94. The molecule has 4 heteroatoms. The molecule has 96 valence electrons. The van der Waals surface area contributed by atoms with E-state index in [9.17, 15) is 0 Å². The second-order valence-electron chi connectivity index (χ2n) is 4.52. The Labute approximate surface area is 103 Å². The van der Waals surface area contributed by atoms with Gasteiger partial charge in [0.15, 0.2) is 0 Å². The van der Waals surface area contributed by atoms with Gasteiger partial charge in [-0.05, 0) is 24.5 Å². The summed E-state index contributed by atoms with van der Waals surface area (Å²) in [6.45, 7) is 3.99. The number of methoxy groups -OCH3 is 1. The van der Waals surface area contributed by atoms with Crippen LogP contribution in [0.4, 0.5) is 0 Å². The molecule has 1 aromatic heterocycles. The first kappa shape index (κ1) is 12.6. The first-order valence-corrected chi connectivity index (χ1v) is 6.33. The number of hydrogen-bond acceptors (Lipinski definition) is 3. The van der Waals surface area contributed by atoms with Crippen LogP contribution in [0.25, 0.3) is 0 Å². The van der Waals surface area contributed by atoms with Crippen molar-refractivity contribution in [2.45, 2.75) is 32.0 Å². The maximum Gasteiger partial charge on any atom is 0.0701 e. The number of nitrogens with one attached hydrogen (secondary N) is 1. The fourth-order valence-electron chi connectivity index (χ4n) is 1.70. The molecule has 0 aliphatic heterocycles. The number of hydrogen-bond donors (Lipinski definition) is 1. The van der Waals surface area contributed by atoms with Gasteiger partial charge in [0.25, 0.3) is 0 Å². The molecule has 0 amide bonds. The molecule has 0 unspecified atom stereocenters. The molecule has 0 bridgehead atoms. The Hall–Kier alpha value is -0.840. The zero-order valence-electron chi connectivity index (χ0n) is 10.5. The van der Waals surface area contributed by atoms with E-state index >= 15 is 0 Å². The number of nitrogens with zero attached hydrogens (tertiary/aromatic N) is 1. The lowest BCUT2D eigenvalue weighted by Gasteiger charge is -2.04. The standard InChI is InChI=1S/C13H22N2O2/c1-16-8-9-17-7-6-15-5-4-12(11-15)10-14-13-2-3-13/h4-5,11,13-14H,2-3,6-10H2,1H3. The van der Waals surface area contributed by atoms with Crippen molar-refractivity contribution in [1.82, 2.24) is 9.88 Å². The second kappa shape index (κ2) is 6.79. The summed E-state index contributed by atoms with van der Waals surface area (Å²) in [5, 5.41) is 3.51. The van der Waals surface area contributed by atoms with E-state index in [1.54, 1.807) is 7.11 Å². The Balaban J connectivity index is 1.59. The lowest BCUT2D eigenvalue weighted by molar-refractivity contribution is 0.0666. The molecule has 1 saturated carbocycles. The minimum Gasteiger partial charge on any atom is -0.382 e. The normalized spacial score (nSPS) is 15.4. The minimum atomic E-state index is 0.669. The van der Waals surface area contributed by atoms with Gasteiger partial charge in [0, 0.05) is 38.6 Å². The summed E-state index contributed by atoms with van der Waals surface area (Å²) < 4.78 is 12.5. The molecule has 0 atom stereocenters. The summed E-state index contributed by atoms with van der Waals surface area (Å²) in [5.74, 6) is 0. The maximum absolute atomic E-state index is 5.43. The van der Waals surface area contributed by atoms with Crippen LogP contribution in [-0.2, 0) is 22.6 Å². The van der Waals surface area contributed by atoms with Gasteiger partial charge in [-0.25, -0.2) is 0 Å². The molecule has 1 aromatic rings. The number of aromatic nitrogens is 1. The molecule has 1 N–H and O–H groups in total. The molecule has 0 aromatic carbocycles. The molecule has 1 aliphatic carbocycles. The van der Waals surface area contributed by atoms with Crippen molar-refractivity contribution in [3.05, 3.63) is 24.0 Å². The Morgan fingerprint density at radius 1 is 1.35 bits per heavy atom. The molecular weight excluding hydrogens is 216 g/mol. The van der Waals surface area contributed by atoms with E-state index in [-0.39, 0.29) is 0 Å². The smallest absolute Gasteiger partial charge is 0.0701 e. The number of rotatable bonds is 9. The number of ether oxygens (including phenoxy) is 2. The van der Waals surface area contributed by atoms with Crippen LogP contribution >= 0.6 is 0 Å². The molecule has 2 rings (SSSR count). The lowest BCUT2D eigenvalue weighted by atomic mass is 10.3. The average molecular weight is 238 g/mol. The molecule has 0 spiro atoms. The van der Waals surface area contributed by atoms with E-state index in [1.165, 1.54) is 18.4 Å². The van der Waals surface area contributed by atoms with Gasteiger partial charge in [-0.1, -0.05) is 0 Å². The highest BCUT2D eigenvalue weighted by molar-refractivity contribution is 5.10. The highest BCUT2D eigenvalue weighted by Crippen LogP contribution is 2.19. The molecule has 0 radical (unpaired) electrons. The second-order valence-corrected chi connectivity index (χ2v) is 4.52. The topological polar surface area (TPSA) is 35.4 Å². The van der Waals surface area contributed by atoms with Gasteiger partial charge in [-0.15, -0.1) is 0 Å². The largest absolute Gasteiger partial charge is 0.382 e. The van der Waals surface area contributed by atoms with Crippen LogP contribution < -0.4 is 5.32 Å². The van der Waals surface area contributed by atoms with E-state index in [2.05, 4.69) is 28.3 Å². The van der Waals surface area contributed by atoms with Crippen molar-refractivity contribution >= 4 is 0 Å². The van der Waals surface area contributed by atoms with Crippen molar-refractivity contribution in [3.63, 3.8) is 0 Å². The van der Waals surface area contributed by atoms with Gasteiger partial charge in [0.2, 0.25) is 0 Å². The van der Waals surface area contributed by atoms with Crippen molar-refractivity contribution in [2.24, 2.45) is 0 Å². The van der Waals surface area contributed by atoms with Crippen molar-refractivity contribution in [1.29, 1.82) is 0 Å². The van der Waals surface area contributed by atoms with Gasteiger partial charge < -0.3 is 19.4 Å². The van der Waals surface area contributed by atoms with Crippen LogP contribution in [0.2, 0.25) is 0 Å². The van der Waals surface area contributed by atoms with Gasteiger partial charge >= 0.3 is 0 Å². The Morgan fingerprint density at radius 2 is 2.24 bits per heavy atom. The third-order valence-electron chi connectivity index (χ3n) is 2.91. The highest BCUT2D eigenvalue weighted by atomic mass is 16.5. The third-order valence-corrected chi connectivity index (χ3v) is 2.91. The van der Waals surface area contributed by atoms with Crippen LogP contribution in [-0.4, -0.2) is 37.5 Å². The molecule has 1 fully saturated rings. The Kier molecular flexibility index (Phi) is 5.04. The summed E-state index contributed by atoms with van der Waals surface area (Å²) in [7, 11) is 1.69. The van der Waals surface area contributed by atoms with Crippen LogP contribution in [0, 0.1) is 0 Å². The van der Waals surface area contributed by atoms with Crippen LogP contribution in [0.15, 0.2) is 18.5 Å². The van der Waals surface area contributed by atoms with Gasteiger partial charge in [-0.2, -0.15) is 0 Å². The monoisotopic (exact) mass is 238 g/mol. The fraction of sp³-hybridized carbons (Fsp3) is 0.692. The first-order chi connectivity index (χ1) is 8.38. The molecule has 0 saturated heterocycles. The summed E-state index contributed by atoms with van der Waals surface area (Å²) >= 11 is 0. The zero-order chi connectivity index (χ0) is 11.9. The lowest BCUT2D eigenvalue weighted by Crippen LogP contribution is -2.14. The summed E-state index contributed by atoms with van der Waals surface area (Å²) in [5.41, 5.74) is 1.36. The van der Waals surface area contributed by atoms with E-state index in [0.29, 0.717) is 13.2 Å². The molecule has 4 nitrogen and oxygen atoms in total. The Bertz CT molecular complexity index is 321. The van der Waals surface area contributed by atoms with Crippen molar-refractivity contribution in [3.8, 4) is 0 Å². The molecular formula is C13H22N2O2. The highest BCUT2D eigenvalue weighted by Gasteiger charge is 2.19. The fourth-order valence-corrected chi connectivity index (χ4v) is 1.70. The predicted octanol–water partition coefficient (Wildman–Crippen LogP) is 1.40. The van der Waals surface area contributed by atoms with Crippen LogP contribution in [0.5, 0.6) is 0 Å². The first-order valence-electron chi connectivity index (χ1n) is 6.33. The van der Waals surface area contributed by atoms with E-state index in [0.717, 1.165) is 25.7 Å². The van der Waals surface area contributed by atoms with Crippen molar-refractivity contribution < 1.29 is 9.47 Å². The van der Waals surface area contributed by atoms with E-state index < -0.39 is 0 Å². The van der Waals surface area contributed by atoms with Gasteiger partial charge in [0.1, 0.15) is 0 Å². The SMILES string of the molecule is COCCOCCn1ccc(CNC2CC2)c1. The Morgan fingerprint density at radius 3 is 3.00 bits per heavy atom. The molecule has 17 heavy (non-hydrogen) atoms. The predicted molar refractivity (Wildman–Crippen MR) is 67.0 cm³/mol. The van der Waals surface area contributed by atoms with E-state index in [4.69, 9.17) is 9.47 Å². The quantitative estimate of drug-likeness (QED) is 0.661. The molecule has 1 aliphatic rings. The van der Waals surface area contributed by atoms with E-state index in [1.807, 2.05) is 0 Å². The average Bonchev–Trinajstić information content (AvgIpc) is 3.06. The van der Waals surface area contributed by atoms with Crippen molar-refractivity contribution in [2.75, 3.05) is 26.9 Å². The van der Waals surface area contributed by atoms with Crippen LogP contribution in [0.3, 0.4) is 0 Å². The van der Waals surface area contributed by atoms with Gasteiger partial charge in [0.05, 0.1) is 19.8 Å². The minimum absolute atomic E-state index is 0.669. The maximum atomic E-state index is 5.43. The zero-order valence-corrected chi connectivity index (χ0v) is 10.5.